The molecule has 140 valence electrons. The Morgan fingerprint density at radius 1 is 1.19 bits per heavy atom. The Morgan fingerprint density at radius 2 is 2.00 bits per heavy atom. The van der Waals surface area contributed by atoms with Crippen molar-refractivity contribution in [2.45, 2.75) is 74.2 Å². The Balaban J connectivity index is 1.58. The van der Waals surface area contributed by atoms with Gasteiger partial charge in [-0.1, -0.05) is 6.07 Å². The number of aromatic hydroxyl groups is 1. The normalized spacial score (nSPS) is 46.0. The van der Waals surface area contributed by atoms with Crippen molar-refractivity contribution in [2.75, 3.05) is 13.1 Å². The predicted molar refractivity (Wildman–Crippen MR) is 95.4 cm³/mol. The molecule has 2 heterocycles. The average molecular weight is 357 g/mol. The molecule has 0 aromatic heterocycles. The van der Waals surface area contributed by atoms with Crippen LogP contribution in [0.4, 0.5) is 0 Å². The van der Waals surface area contributed by atoms with Gasteiger partial charge in [0, 0.05) is 18.2 Å². The molecule has 1 unspecified atom stereocenters. The van der Waals surface area contributed by atoms with Gasteiger partial charge in [-0.15, -0.1) is 0 Å². The van der Waals surface area contributed by atoms with Crippen LogP contribution in [0.3, 0.4) is 0 Å². The highest BCUT2D eigenvalue weighted by atomic mass is 16.5. The van der Waals surface area contributed by atoms with Crippen LogP contribution in [0.1, 0.15) is 50.2 Å². The first kappa shape index (κ1) is 15.7. The first-order chi connectivity index (χ1) is 12.4. The molecule has 2 bridgehead atoms. The number of benzene rings is 1. The summed E-state index contributed by atoms with van der Waals surface area (Å²) in [5.74, 6) is 1.42. The van der Waals surface area contributed by atoms with Gasteiger partial charge in [-0.2, -0.15) is 0 Å². The van der Waals surface area contributed by atoms with Crippen molar-refractivity contribution < 1.29 is 20.1 Å². The number of hydrogen-bond donors (Lipinski definition) is 3. The van der Waals surface area contributed by atoms with Crippen LogP contribution >= 0.6 is 0 Å². The van der Waals surface area contributed by atoms with Gasteiger partial charge < -0.3 is 20.1 Å². The molecule has 2 aliphatic heterocycles. The second kappa shape index (κ2) is 4.57. The second-order valence-electron chi connectivity index (χ2n) is 9.61. The van der Waals surface area contributed by atoms with Gasteiger partial charge >= 0.3 is 0 Å². The highest BCUT2D eigenvalue weighted by molar-refractivity contribution is 5.62. The Morgan fingerprint density at radius 3 is 2.77 bits per heavy atom. The summed E-state index contributed by atoms with van der Waals surface area (Å²) in [6, 6.07) is 3.78. The van der Waals surface area contributed by atoms with E-state index >= 15 is 0 Å². The molecule has 3 N–H and O–H groups in total. The lowest BCUT2D eigenvalue weighted by atomic mass is 9.47. The Labute approximate surface area is 153 Å². The van der Waals surface area contributed by atoms with Gasteiger partial charge in [-0.05, 0) is 69.5 Å². The van der Waals surface area contributed by atoms with E-state index < -0.39 is 22.7 Å². The van der Waals surface area contributed by atoms with E-state index in [-0.39, 0.29) is 11.8 Å². The summed E-state index contributed by atoms with van der Waals surface area (Å²) in [4.78, 5) is 2.51. The first-order valence-corrected chi connectivity index (χ1v) is 10.1. The SMILES string of the molecule is CC1(O)CC[C@@]2(O)[C@H]3Cc4ccc(O)c5c4[C@@]2(CCN3CC2CC2)[C@H]1O5. The molecule has 1 aromatic carbocycles. The van der Waals surface area contributed by atoms with Gasteiger partial charge in [0.15, 0.2) is 11.5 Å². The van der Waals surface area contributed by atoms with Crippen LogP contribution < -0.4 is 4.74 Å². The third kappa shape index (κ3) is 1.64. The molecule has 3 fully saturated rings. The zero-order chi connectivity index (χ0) is 17.9. The number of phenolic OH excluding ortho intramolecular Hbond substituents is 1. The Hall–Kier alpha value is -1.30. The maximum atomic E-state index is 12.1. The molecular weight excluding hydrogens is 330 g/mol. The summed E-state index contributed by atoms with van der Waals surface area (Å²) >= 11 is 0. The van der Waals surface area contributed by atoms with E-state index in [0.717, 1.165) is 37.4 Å². The minimum atomic E-state index is -1.00. The lowest BCUT2D eigenvalue weighted by molar-refractivity contribution is -0.231. The molecule has 1 aromatic rings. The van der Waals surface area contributed by atoms with Crippen molar-refractivity contribution in [2.24, 2.45) is 5.92 Å². The second-order valence-corrected chi connectivity index (χ2v) is 9.61. The first-order valence-electron chi connectivity index (χ1n) is 10.1. The van der Waals surface area contributed by atoms with Crippen molar-refractivity contribution >= 4 is 0 Å². The van der Waals surface area contributed by atoms with E-state index in [1.807, 2.05) is 13.0 Å². The summed E-state index contributed by atoms with van der Waals surface area (Å²) in [5.41, 5.74) is -0.365. The molecule has 2 saturated carbocycles. The predicted octanol–water partition coefficient (Wildman–Crippen LogP) is 1.71. The van der Waals surface area contributed by atoms with Crippen molar-refractivity contribution in [3.63, 3.8) is 0 Å². The summed E-state index contributed by atoms with van der Waals surface area (Å²) in [6.45, 7) is 3.83. The van der Waals surface area contributed by atoms with Crippen LogP contribution in [0.15, 0.2) is 12.1 Å². The van der Waals surface area contributed by atoms with Gasteiger partial charge in [0.25, 0.3) is 0 Å². The van der Waals surface area contributed by atoms with E-state index in [2.05, 4.69) is 4.90 Å². The van der Waals surface area contributed by atoms with Gasteiger partial charge in [0.1, 0.15) is 6.10 Å². The topological polar surface area (TPSA) is 73.2 Å². The van der Waals surface area contributed by atoms with Gasteiger partial charge in [-0.3, -0.25) is 4.90 Å². The van der Waals surface area contributed by atoms with Crippen LogP contribution in [0.5, 0.6) is 11.5 Å². The standard InChI is InChI=1S/C21H27NO4/c1-19(24)6-7-21(25)15-10-13-4-5-14(23)17-16(13)20(21,18(19)26-17)8-9-22(15)11-12-2-3-12/h4-5,12,15,18,23-25H,2-3,6-11H2,1H3/t15-,18+,19?,20+,21-/m1/s1. The highest BCUT2D eigenvalue weighted by Gasteiger charge is 2.75. The number of aliphatic hydroxyl groups is 2. The van der Waals surface area contributed by atoms with Gasteiger partial charge in [-0.25, -0.2) is 0 Å². The molecular formula is C21H27NO4. The van der Waals surface area contributed by atoms with Crippen LogP contribution in [0, 0.1) is 5.92 Å². The fraction of sp³-hybridized carbons (Fsp3) is 0.714. The van der Waals surface area contributed by atoms with Crippen molar-refractivity contribution in [3.05, 3.63) is 23.3 Å². The number of piperidine rings is 1. The molecule has 5 atom stereocenters. The maximum Gasteiger partial charge on any atom is 0.165 e. The van der Waals surface area contributed by atoms with Crippen molar-refractivity contribution in [3.8, 4) is 11.5 Å². The maximum absolute atomic E-state index is 12.1. The number of hydrogen-bond acceptors (Lipinski definition) is 5. The highest BCUT2D eigenvalue weighted by Crippen LogP contribution is 2.67. The van der Waals surface area contributed by atoms with Crippen molar-refractivity contribution in [1.29, 1.82) is 0 Å². The monoisotopic (exact) mass is 357 g/mol. The van der Waals surface area contributed by atoms with Gasteiger partial charge in [0.2, 0.25) is 0 Å². The number of phenols is 1. The largest absolute Gasteiger partial charge is 0.504 e. The number of nitrogens with zero attached hydrogens (tertiary/aromatic N) is 1. The van der Waals surface area contributed by atoms with E-state index in [1.165, 1.54) is 18.4 Å². The molecule has 1 saturated heterocycles. The third-order valence-corrected chi connectivity index (χ3v) is 8.09. The molecule has 5 nitrogen and oxygen atoms in total. The van der Waals surface area contributed by atoms with Crippen LogP contribution in [0.2, 0.25) is 0 Å². The van der Waals surface area contributed by atoms with E-state index in [0.29, 0.717) is 18.6 Å². The zero-order valence-corrected chi connectivity index (χ0v) is 15.2. The minimum Gasteiger partial charge on any atom is -0.504 e. The average Bonchev–Trinajstić information content (AvgIpc) is 3.32. The van der Waals surface area contributed by atoms with Crippen LogP contribution in [-0.4, -0.2) is 56.7 Å². The van der Waals surface area contributed by atoms with Crippen molar-refractivity contribution in [1.82, 2.24) is 4.90 Å². The number of likely N-dealkylation sites (tertiary alicyclic amines) is 1. The molecule has 5 heteroatoms. The zero-order valence-electron chi connectivity index (χ0n) is 15.2. The fourth-order valence-corrected chi connectivity index (χ4v) is 6.71. The summed E-state index contributed by atoms with van der Waals surface area (Å²) in [7, 11) is 0. The quantitative estimate of drug-likeness (QED) is 0.751. The summed E-state index contributed by atoms with van der Waals surface area (Å²) in [5, 5.41) is 33.7. The molecule has 0 amide bonds. The molecule has 5 aliphatic rings. The molecule has 26 heavy (non-hydrogen) atoms. The molecule has 3 aliphatic carbocycles. The van der Waals surface area contributed by atoms with Gasteiger partial charge in [0.05, 0.1) is 16.6 Å². The van der Waals surface area contributed by atoms with E-state index in [4.69, 9.17) is 4.74 Å². The molecule has 1 spiro atoms. The van der Waals surface area contributed by atoms with E-state index in [1.54, 1.807) is 6.07 Å². The third-order valence-electron chi connectivity index (χ3n) is 8.09. The smallest absolute Gasteiger partial charge is 0.165 e. The van der Waals surface area contributed by atoms with Crippen LogP contribution in [-0.2, 0) is 11.8 Å². The fourth-order valence-electron chi connectivity index (χ4n) is 6.71. The number of ether oxygens (including phenoxy) is 1. The lowest BCUT2D eigenvalue weighted by Gasteiger charge is -2.65. The minimum absolute atomic E-state index is 0.0713. The molecule has 6 rings (SSSR count). The van der Waals surface area contributed by atoms with Crippen LogP contribution in [0.25, 0.3) is 0 Å². The molecule has 0 radical (unpaired) electrons. The Kier molecular flexibility index (Phi) is 2.76. The van der Waals surface area contributed by atoms with E-state index in [9.17, 15) is 15.3 Å². The summed E-state index contributed by atoms with van der Waals surface area (Å²) < 4.78 is 6.24. The number of rotatable bonds is 2. The lowest BCUT2D eigenvalue weighted by Crippen LogP contribution is -2.78. The summed E-state index contributed by atoms with van der Waals surface area (Å²) in [6.07, 6.45) is 4.79. The Bertz CT molecular complexity index is 803.